The van der Waals surface area contributed by atoms with Crippen molar-refractivity contribution in [3.05, 3.63) is 0 Å². The Kier molecular flexibility index (Phi) is 6.64. The molecule has 7 heteroatoms. The van der Waals surface area contributed by atoms with Crippen molar-refractivity contribution < 1.29 is 15.3 Å². The Balaban J connectivity index is 3.30. The normalized spacial score (nSPS) is 10.8. The van der Waals surface area contributed by atoms with Gasteiger partial charge in [-0.15, -0.1) is 5.23 Å². The number of rotatable bonds is 6. The van der Waals surface area contributed by atoms with Crippen LogP contribution in [0.5, 0.6) is 0 Å². The first-order valence-corrected chi connectivity index (χ1v) is 2.68. The fourth-order valence-corrected chi connectivity index (χ4v) is 0.380. The lowest BCUT2D eigenvalue weighted by Crippen LogP contribution is -2.56. The Labute approximate surface area is 58.2 Å². The van der Waals surface area contributed by atoms with Crippen LogP contribution in [0.3, 0.4) is 0 Å². The molecule has 0 radical (unpaired) electrons. The Bertz CT molecular complexity index is 58.5. The molecule has 0 heterocycles. The zero-order chi connectivity index (χ0) is 7.82. The van der Waals surface area contributed by atoms with Crippen molar-refractivity contribution in [2.45, 2.75) is 0 Å². The van der Waals surface area contributed by atoms with Gasteiger partial charge in [-0.3, -0.25) is 0 Å². The zero-order valence-electron chi connectivity index (χ0n) is 5.41. The van der Waals surface area contributed by atoms with Crippen LogP contribution in [-0.2, 0) is 0 Å². The number of aliphatic hydroxyl groups is 3. The van der Waals surface area contributed by atoms with E-state index in [0.717, 1.165) is 5.23 Å². The van der Waals surface area contributed by atoms with Crippen LogP contribution in [0.1, 0.15) is 0 Å². The minimum Gasteiger partial charge on any atom is -0.380 e. The minimum atomic E-state index is -0.306. The molecule has 0 aromatic carbocycles. The fraction of sp³-hybridized carbons (Fsp3) is 1.00. The number of hydrogen-bond acceptors (Lipinski definition) is 7. The molecule has 0 aliphatic carbocycles. The molecule has 0 saturated carbocycles. The van der Waals surface area contributed by atoms with Crippen LogP contribution in [0.15, 0.2) is 0 Å². The lowest BCUT2D eigenvalue weighted by Gasteiger charge is -2.20. The van der Waals surface area contributed by atoms with Gasteiger partial charge in [0.15, 0.2) is 0 Å². The highest BCUT2D eigenvalue weighted by Crippen LogP contribution is 1.62. The summed E-state index contributed by atoms with van der Waals surface area (Å²) in [7, 11) is 0. The third-order valence-electron chi connectivity index (χ3n) is 0.686. The largest absolute Gasteiger partial charge is 0.380 e. The lowest BCUT2D eigenvalue weighted by atomic mass is 11.2. The van der Waals surface area contributed by atoms with E-state index in [1.807, 2.05) is 0 Å². The predicted molar refractivity (Wildman–Crippen MR) is 32.5 cm³/mol. The van der Waals surface area contributed by atoms with Gasteiger partial charge in [-0.1, -0.05) is 0 Å². The molecule has 0 aromatic rings. The van der Waals surface area contributed by atoms with E-state index in [9.17, 15) is 0 Å². The van der Waals surface area contributed by atoms with Crippen molar-refractivity contribution in [2.75, 3.05) is 20.2 Å². The highest BCUT2D eigenvalue weighted by Gasteiger charge is 1.96. The second-order valence-electron chi connectivity index (χ2n) is 1.28. The minimum absolute atomic E-state index is 0.306. The van der Waals surface area contributed by atoms with Crippen molar-refractivity contribution in [1.82, 2.24) is 21.5 Å². The molecule has 0 bridgehead atoms. The van der Waals surface area contributed by atoms with E-state index in [1.165, 1.54) is 0 Å². The molecule has 0 spiro atoms. The second-order valence-corrected chi connectivity index (χ2v) is 1.28. The van der Waals surface area contributed by atoms with E-state index in [-0.39, 0.29) is 20.2 Å². The molecule has 6 N–H and O–H groups in total. The van der Waals surface area contributed by atoms with E-state index < -0.39 is 0 Å². The van der Waals surface area contributed by atoms with Gasteiger partial charge in [-0.2, -0.15) is 0 Å². The molecule has 62 valence electrons. The number of aliphatic hydroxyl groups excluding tert-OH is 3. The fourth-order valence-electron chi connectivity index (χ4n) is 0.380. The van der Waals surface area contributed by atoms with Crippen LogP contribution < -0.4 is 16.3 Å². The highest BCUT2D eigenvalue weighted by molar-refractivity contribution is 4.25. The molecule has 0 aliphatic heterocycles. The number of nitrogens with zero attached hydrogens (tertiary/aromatic N) is 1. The predicted octanol–water partition coefficient (Wildman–Crippen LogP) is -3.35. The molecule has 0 rings (SSSR count). The molecule has 0 saturated heterocycles. The molecule has 0 amide bonds. The van der Waals surface area contributed by atoms with Crippen molar-refractivity contribution in [2.24, 2.45) is 0 Å². The highest BCUT2D eigenvalue weighted by atomic mass is 16.3. The van der Waals surface area contributed by atoms with E-state index in [0.29, 0.717) is 0 Å². The van der Waals surface area contributed by atoms with Crippen LogP contribution in [-0.4, -0.2) is 40.7 Å². The first-order chi connectivity index (χ1) is 4.85. The molecule has 7 nitrogen and oxygen atoms in total. The molecule has 0 fully saturated rings. The van der Waals surface area contributed by atoms with Gasteiger partial charge >= 0.3 is 0 Å². The Morgan fingerprint density at radius 1 is 0.800 bits per heavy atom. The number of nitrogens with one attached hydrogen (secondary N) is 3. The maximum atomic E-state index is 8.29. The van der Waals surface area contributed by atoms with E-state index in [1.54, 1.807) is 0 Å². The average molecular weight is 152 g/mol. The smallest absolute Gasteiger partial charge is 0.108 e. The third-order valence-corrected chi connectivity index (χ3v) is 0.686. The molecular formula is C3H12N4O3. The summed E-state index contributed by atoms with van der Waals surface area (Å²) in [6.45, 7) is -0.917. The molecule has 0 aromatic heterocycles. The van der Waals surface area contributed by atoms with E-state index in [2.05, 4.69) is 16.3 Å². The summed E-state index contributed by atoms with van der Waals surface area (Å²) in [5.74, 6) is 0. The van der Waals surface area contributed by atoms with Crippen LogP contribution in [0.2, 0.25) is 0 Å². The summed E-state index contributed by atoms with van der Waals surface area (Å²) in [5, 5.41) is 25.9. The standard InChI is InChI=1S/C3H12N4O3/c8-1-4-7(5-2-9)6-3-10/h4-6,8-10H,1-3H2. The maximum absolute atomic E-state index is 8.29. The number of hydrogen-bond donors (Lipinski definition) is 6. The van der Waals surface area contributed by atoms with Gasteiger partial charge in [0.05, 0.1) is 0 Å². The summed E-state index contributed by atoms with van der Waals surface area (Å²) in [4.78, 5) is 0. The van der Waals surface area contributed by atoms with Crippen LogP contribution in [0.4, 0.5) is 0 Å². The Morgan fingerprint density at radius 2 is 1.10 bits per heavy atom. The molecule has 0 atom stereocenters. The third kappa shape index (κ3) is 4.58. The summed E-state index contributed by atoms with van der Waals surface area (Å²) in [6.07, 6.45) is 0. The summed E-state index contributed by atoms with van der Waals surface area (Å²) >= 11 is 0. The lowest BCUT2D eigenvalue weighted by molar-refractivity contribution is -0.0369. The van der Waals surface area contributed by atoms with Crippen LogP contribution in [0, 0.1) is 0 Å². The first kappa shape index (κ1) is 9.72. The number of hydrazine groups is 3. The SMILES string of the molecule is OCNN(NCO)NCO. The van der Waals surface area contributed by atoms with Gasteiger partial charge in [-0.05, 0) is 0 Å². The zero-order valence-corrected chi connectivity index (χ0v) is 5.41. The quantitative estimate of drug-likeness (QED) is 0.175. The van der Waals surface area contributed by atoms with Crippen molar-refractivity contribution in [3.8, 4) is 0 Å². The van der Waals surface area contributed by atoms with Gasteiger partial charge in [0.25, 0.3) is 0 Å². The van der Waals surface area contributed by atoms with Gasteiger partial charge < -0.3 is 15.3 Å². The monoisotopic (exact) mass is 152 g/mol. The van der Waals surface area contributed by atoms with Gasteiger partial charge in [0.2, 0.25) is 0 Å². The Morgan fingerprint density at radius 3 is 1.30 bits per heavy atom. The van der Waals surface area contributed by atoms with Crippen LogP contribution >= 0.6 is 0 Å². The van der Waals surface area contributed by atoms with E-state index >= 15 is 0 Å². The first-order valence-electron chi connectivity index (χ1n) is 2.68. The van der Waals surface area contributed by atoms with Crippen LogP contribution in [0.25, 0.3) is 0 Å². The second kappa shape index (κ2) is 6.83. The maximum Gasteiger partial charge on any atom is 0.108 e. The van der Waals surface area contributed by atoms with Gasteiger partial charge in [-0.25, -0.2) is 16.3 Å². The van der Waals surface area contributed by atoms with Gasteiger partial charge in [0.1, 0.15) is 20.2 Å². The topological polar surface area (TPSA) is 100 Å². The summed E-state index contributed by atoms with van der Waals surface area (Å²) in [6, 6.07) is 0. The van der Waals surface area contributed by atoms with Crippen molar-refractivity contribution in [1.29, 1.82) is 0 Å². The van der Waals surface area contributed by atoms with Gasteiger partial charge in [0, 0.05) is 0 Å². The average Bonchev–Trinajstić information content (AvgIpc) is 1.90. The molecule has 10 heavy (non-hydrogen) atoms. The van der Waals surface area contributed by atoms with Crippen molar-refractivity contribution in [3.63, 3.8) is 0 Å². The Hall–Kier alpha value is -0.280. The summed E-state index contributed by atoms with van der Waals surface area (Å²) in [5.41, 5.74) is 6.99. The summed E-state index contributed by atoms with van der Waals surface area (Å²) < 4.78 is 0. The van der Waals surface area contributed by atoms with E-state index in [4.69, 9.17) is 15.3 Å². The van der Waals surface area contributed by atoms with Crippen molar-refractivity contribution >= 4 is 0 Å². The molecule has 0 unspecified atom stereocenters. The molecule has 0 aliphatic rings. The molecular weight excluding hydrogens is 140 g/mol.